The Balaban J connectivity index is 1.93. The quantitative estimate of drug-likeness (QED) is 0.517. The summed E-state index contributed by atoms with van der Waals surface area (Å²) in [5.74, 6) is 1.47. The van der Waals surface area contributed by atoms with Gasteiger partial charge in [0.2, 0.25) is 0 Å². The van der Waals surface area contributed by atoms with Crippen LogP contribution in [0.3, 0.4) is 0 Å². The summed E-state index contributed by atoms with van der Waals surface area (Å²) in [4.78, 5) is 0. The van der Waals surface area contributed by atoms with Gasteiger partial charge in [-0.3, -0.25) is 0 Å². The molecule has 2 heterocycles. The highest BCUT2D eigenvalue weighted by Crippen LogP contribution is 2.20. The molecule has 24 heavy (non-hydrogen) atoms. The average molecular weight is 334 g/mol. The van der Waals surface area contributed by atoms with E-state index in [-0.39, 0.29) is 0 Å². The molecule has 2 saturated heterocycles. The van der Waals surface area contributed by atoms with Crippen LogP contribution in [0.15, 0.2) is 12.1 Å². The Kier molecular flexibility index (Phi) is 6.43. The number of benzene rings is 1. The molecule has 130 valence electrons. The highest BCUT2D eigenvalue weighted by Gasteiger charge is 2.35. The van der Waals surface area contributed by atoms with E-state index in [1.165, 1.54) is 0 Å². The molecule has 0 unspecified atom stereocenters. The van der Waals surface area contributed by atoms with E-state index >= 15 is 0 Å². The first-order valence-corrected chi connectivity index (χ1v) is 8.73. The molecule has 6 nitrogen and oxygen atoms in total. The summed E-state index contributed by atoms with van der Waals surface area (Å²) < 4.78 is 34.4. The van der Waals surface area contributed by atoms with Crippen molar-refractivity contribution in [2.45, 2.75) is 26.7 Å². The van der Waals surface area contributed by atoms with Gasteiger partial charge >= 0.3 is 14.2 Å². The molecular formula is C16H24B2O6. The van der Waals surface area contributed by atoms with Crippen LogP contribution in [0, 0.1) is 0 Å². The van der Waals surface area contributed by atoms with Gasteiger partial charge in [-0.15, -0.1) is 0 Å². The highest BCUT2D eigenvalue weighted by atomic mass is 16.6. The topological polar surface area (TPSA) is 55.4 Å². The zero-order valence-electron chi connectivity index (χ0n) is 14.4. The van der Waals surface area contributed by atoms with E-state index in [1.807, 2.05) is 19.1 Å². The molecule has 3 rings (SSSR count). The Labute approximate surface area is 144 Å². The summed E-state index contributed by atoms with van der Waals surface area (Å²) in [6.07, 6.45) is 2.06. The molecule has 2 aliphatic rings. The van der Waals surface area contributed by atoms with Gasteiger partial charge in [0, 0.05) is 10.9 Å². The molecule has 0 amide bonds. The molecule has 0 saturated carbocycles. The van der Waals surface area contributed by atoms with Gasteiger partial charge in [0.25, 0.3) is 0 Å². The molecule has 2 aliphatic heterocycles. The van der Waals surface area contributed by atoms with E-state index in [2.05, 4.69) is 6.92 Å². The van der Waals surface area contributed by atoms with Crippen molar-refractivity contribution in [2.75, 3.05) is 39.6 Å². The van der Waals surface area contributed by atoms with Crippen molar-refractivity contribution < 1.29 is 28.1 Å². The minimum absolute atomic E-state index is 0.416. The lowest BCUT2D eigenvalue weighted by Gasteiger charge is -2.18. The molecule has 0 N–H and O–H groups in total. The van der Waals surface area contributed by atoms with E-state index in [9.17, 15) is 0 Å². The summed E-state index contributed by atoms with van der Waals surface area (Å²) >= 11 is 0. The first-order valence-electron chi connectivity index (χ1n) is 8.73. The van der Waals surface area contributed by atoms with Gasteiger partial charge in [-0.25, -0.2) is 0 Å². The number of hydrogen-bond acceptors (Lipinski definition) is 6. The fourth-order valence-corrected chi connectivity index (χ4v) is 2.77. The summed E-state index contributed by atoms with van der Waals surface area (Å²) in [6.45, 7) is 7.62. The van der Waals surface area contributed by atoms with Crippen LogP contribution in [0.25, 0.3) is 0 Å². The summed E-state index contributed by atoms with van der Waals surface area (Å²) in [7, 11) is -0.833. The third-order valence-corrected chi connectivity index (χ3v) is 3.95. The van der Waals surface area contributed by atoms with Gasteiger partial charge in [-0.1, -0.05) is 13.3 Å². The summed E-state index contributed by atoms with van der Waals surface area (Å²) in [6, 6.07) is 3.87. The molecule has 0 aliphatic carbocycles. The zero-order valence-corrected chi connectivity index (χ0v) is 14.4. The Morgan fingerprint density at radius 2 is 1.33 bits per heavy atom. The third kappa shape index (κ3) is 4.06. The second-order valence-corrected chi connectivity index (χ2v) is 5.71. The monoisotopic (exact) mass is 334 g/mol. The molecule has 8 heteroatoms. The van der Waals surface area contributed by atoms with Crippen LogP contribution in [-0.4, -0.2) is 53.9 Å². The van der Waals surface area contributed by atoms with E-state index in [0.717, 1.165) is 35.3 Å². The van der Waals surface area contributed by atoms with Gasteiger partial charge in [0.05, 0.1) is 39.6 Å². The second-order valence-electron chi connectivity index (χ2n) is 5.71. The summed E-state index contributed by atoms with van der Waals surface area (Å²) in [5, 5.41) is 0. The molecule has 0 radical (unpaired) electrons. The van der Waals surface area contributed by atoms with Crippen molar-refractivity contribution in [3.8, 4) is 11.5 Å². The van der Waals surface area contributed by atoms with E-state index in [1.54, 1.807) is 0 Å². The summed E-state index contributed by atoms with van der Waals surface area (Å²) in [5.41, 5.74) is 1.70. The first kappa shape index (κ1) is 17.6. The largest absolute Gasteiger partial charge is 0.497 e. The predicted molar refractivity (Wildman–Crippen MR) is 92.6 cm³/mol. The van der Waals surface area contributed by atoms with Gasteiger partial charge in [0.1, 0.15) is 11.5 Å². The number of ether oxygens (including phenoxy) is 2. The lowest BCUT2D eigenvalue weighted by Crippen LogP contribution is -2.39. The Morgan fingerprint density at radius 3 is 1.79 bits per heavy atom. The molecule has 2 fully saturated rings. The maximum Gasteiger partial charge on any atom is 0.497 e. The van der Waals surface area contributed by atoms with Crippen LogP contribution < -0.4 is 20.4 Å². The second kappa shape index (κ2) is 8.76. The number of unbranched alkanes of at least 4 members (excludes halogenated alkanes) is 1. The van der Waals surface area contributed by atoms with Crippen LogP contribution in [0.1, 0.15) is 26.7 Å². The van der Waals surface area contributed by atoms with Crippen molar-refractivity contribution in [2.24, 2.45) is 0 Å². The van der Waals surface area contributed by atoms with E-state index in [4.69, 9.17) is 28.1 Å². The molecule has 0 atom stereocenters. The molecule has 0 spiro atoms. The third-order valence-electron chi connectivity index (χ3n) is 3.95. The van der Waals surface area contributed by atoms with Crippen LogP contribution in [0.5, 0.6) is 11.5 Å². The fourth-order valence-electron chi connectivity index (χ4n) is 2.77. The minimum Gasteiger partial charge on any atom is -0.494 e. The Bertz CT molecular complexity index is 530. The van der Waals surface area contributed by atoms with Crippen LogP contribution in [0.4, 0.5) is 0 Å². The first-order chi connectivity index (χ1) is 11.8. The Morgan fingerprint density at radius 1 is 0.833 bits per heavy atom. The van der Waals surface area contributed by atoms with E-state index < -0.39 is 14.2 Å². The van der Waals surface area contributed by atoms with Crippen LogP contribution in [0.2, 0.25) is 0 Å². The number of rotatable bonds is 8. The lowest BCUT2D eigenvalue weighted by molar-refractivity contribution is 0.306. The molecule has 0 bridgehead atoms. The normalized spacial score (nSPS) is 17.6. The molecule has 0 aromatic heterocycles. The van der Waals surface area contributed by atoms with Crippen molar-refractivity contribution >= 4 is 25.2 Å². The highest BCUT2D eigenvalue weighted by molar-refractivity contribution is 6.65. The maximum atomic E-state index is 6.00. The Hall–Kier alpha value is -1.21. The van der Waals surface area contributed by atoms with Gasteiger partial charge < -0.3 is 28.1 Å². The van der Waals surface area contributed by atoms with Crippen molar-refractivity contribution in [3.05, 3.63) is 12.1 Å². The van der Waals surface area contributed by atoms with Gasteiger partial charge in [-0.2, -0.15) is 0 Å². The SMILES string of the molecule is CCCCOc1cc(B2OCCO2)c(OCC)cc1B1OCCO1. The van der Waals surface area contributed by atoms with Gasteiger partial charge in [-0.05, 0) is 25.5 Å². The van der Waals surface area contributed by atoms with Crippen molar-refractivity contribution in [3.63, 3.8) is 0 Å². The maximum absolute atomic E-state index is 6.00. The predicted octanol–water partition coefficient (Wildman–Crippen LogP) is 0.748. The number of hydrogen-bond donors (Lipinski definition) is 0. The lowest BCUT2D eigenvalue weighted by atomic mass is 9.72. The van der Waals surface area contributed by atoms with Crippen molar-refractivity contribution in [1.29, 1.82) is 0 Å². The van der Waals surface area contributed by atoms with E-state index in [0.29, 0.717) is 39.6 Å². The fraction of sp³-hybridized carbons (Fsp3) is 0.625. The molecule has 1 aromatic rings. The average Bonchev–Trinajstić information content (AvgIpc) is 3.30. The van der Waals surface area contributed by atoms with Crippen molar-refractivity contribution in [1.82, 2.24) is 0 Å². The molecular weight excluding hydrogens is 310 g/mol. The molecule has 1 aromatic carbocycles. The standard InChI is InChI=1S/C16H24B2O6/c1-3-5-6-20-16-12-13(17-21-7-8-22-17)15(19-4-2)11-14(16)18-23-9-10-24-18/h11-12H,3-10H2,1-2H3. The smallest absolute Gasteiger partial charge is 0.494 e. The van der Waals surface area contributed by atoms with Crippen LogP contribution >= 0.6 is 0 Å². The van der Waals surface area contributed by atoms with Crippen LogP contribution in [-0.2, 0) is 18.6 Å². The minimum atomic E-state index is -0.417. The zero-order chi connectivity index (χ0) is 16.8. The van der Waals surface area contributed by atoms with Gasteiger partial charge in [0.15, 0.2) is 0 Å².